The Morgan fingerprint density at radius 3 is 2.15 bits per heavy atom. The molecule has 0 saturated carbocycles. The van der Waals surface area contributed by atoms with Crippen molar-refractivity contribution in [1.82, 2.24) is 9.97 Å². The van der Waals surface area contributed by atoms with Crippen molar-refractivity contribution in [2.45, 2.75) is 58.2 Å². The summed E-state index contributed by atoms with van der Waals surface area (Å²) in [5.41, 5.74) is 10.1. The number of nitrogens with zero attached hydrogens (tertiary/aromatic N) is 2. The summed E-state index contributed by atoms with van der Waals surface area (Å²) in [6, 6.07) is 45.6. The standard InChI is InChI=1S/C28H24NO.C22H24GeN.Ir/c1-28(2,3)18-19-14-15-29-25(16-19)23-11-7-10-22-24-17-21(20-8-5-4-6-9-20)12-13-26(24)30-27(22)23;1-16-11-12-19(14-20(16)18-9-7-6-8-10-18)22-13-17(2)21(15-24-22)23(3,4)5;/h4-10,12-17H,18H2,1-3H3;6-11,13-15H,1-5H3;/q2*-1;/i18D2;1D3;. The summed E-state index contributed by atoms with van der Waals surface area (Å²) >= 11 is -1.96. The second-order valence-corrected chi connectivity index (χ2v) is 26.3. The summed E-state index contributed by atoms with van der Waals surface area (Å²) in [6.45, 7) is 5.66. The van der Waals surface area contributed by atoms with E-state index in [2.05, 4.69) is 76.6 Å². The van der Waals surface area contributed by atoms with Gasteiger partial charge in [0.25, 0.3) is 0 Å². The van der Waals surface area contributed by atoms with Crippen molar-refractivity contribution < 1.29 is 31.4 Å². The van der Waals surface area contributed by atoms with Gasteiger partial charge in [-0.1, -0.05) is 79.7 Å². The molecule has 8 aromatic rings. The van der Waals surface area contributed by atoms with Crippen molar-refractivity contribution in [3.05, 3.63) is 163 Å². The fraction of sp³-hybridized carbons (Fsp3) is 0.200. The van der Waals surface area contributed by atoms with Crippen LogP contribution in [0.25, 0.3) is 66.7 Å². The predicted octanol–water partition coefficient (Wildman–Crippen LogP) is 13.1. The van der Waals surface area contributed by atoms with Gasteiger partial charge in [-0.05, 0) is 46.8 Å². The van der Waals surface area contributed by atoms with E-state index in [-0.39, 0.29) is 20.1 Å². The average molecular weight is 963 g/mol. The van der Waals surface area contributed by atoms with Gasteiger partial charge in [-0.25, -0.2) is 0 Å². The van der Waals surface area contributed by atoms with Crippen molar-refractivity contribution in [2.24, 2.45) is 5.41 Å². The summed E-state index contributed by atoms with van der Waals surface area (Å²) in [6.07, 6.45) is 2.16. The largest absolute Gasteiger partial charge is 0.501 e. The molecule has 0 bridgehead atoms. The van der Waals surface area contributed by atoms with Crippen molar-refractivity contribution in [3.8, 4) is 44.8 Å². The number of rotatable bonds is 6. The van der Waals surface area contributed by atoms with Crippen LogP contribution in [-0.4, -0.2) is 23.2 Å². The van der Waals surface area contributed by atoms with Crippen LogP contribution in [0.2, 0.25) is 17.3 Å². The van der Waals surface area contributed by atoms with Crippen LogP contribution in [-0.2, 0) is 26.5 Å². The molecular weight excluding hydrogens is 909 g/mol. The molecule has 0 aliphatic rings. The second-order valence-electron chi connectivity index (χ2n) is 15.8. The first-order valence-corrected chi connectivity index (χ1v) is 25.7. The topological polar surface area (TPSA) is 38.9 Å². The first-order valence-electron chi connectivity index (χ1n) is 20.8. The van der Waals surface area contributed by atoms with Crippen LogP contribution in [0.5, 0.6) is 0 Å². The Kier molecular flexibility index (Phi) is 10.2. The van der Waals surface area contributed by atoms with Gasteiger partial charge in [0.2, 0.25) is 0 Å². The van der Waals surface area contributed by atoms with E-state index < -0.39 is 31.9 Å². The van der Waals surface area contributed by atoms with Gasteiger partial charge < -0.3 is 9.40 Å². The number of aromatic nitrogens is 2. The van der Waals surface area contributed by atoms with E-state index >= 15 is 0 Å². The third kappa shape index (κ3) is 9.27. The maximum absolute atomic E-state index is 8.64. The van der Waals surface area contributed by atoms with E-state index in [1.807, 2.05) is 106 Å². The van der Waals surface area contributed by atoms with Crippen LogP contribution in [0, 0.1) is 31.3 Å². The van der Waals surface area contributed by atoms with Gasteiger partial charge in [0.15, 0.2) is 0 Å². The first-order chi connectivity index (χ1) is 27.8. The van der Waals surface area contributed by atoms with E-state index in [1.54, 1.807) is 18.3 Å². The zero-order valence-corrected chi connectivity index (χ0v) is 36.8. The Morgan fingerprint density at radius 1 is 0.745 bits per heavy atom. The fourth-order valence-electron chi connectivity index (χ4n) is 6.80. The van der Waals surface area contributed by atoms with Crippen LogP contribution in [0.4, 0.5) is 0 Å². The normalized spacial score (nSPS) is 13.4. The van der Waals surface area contributed by atoms with Gasteiger partial charge in [-0.3, -0.25) is 0 Å². The molecule has 0 unspecified atom stereocenters. The summed E-state index contributed by atoms with van der Waals surface area (Å²) < 4.78 is 48.5. The minimum Gasteiger partial charge on any atom is -0.501 e. The van der Waals surface area contributed by atoms with E-state index in [9.17, 15) is 0 Å². The number of hydrogen-bond acceptors (Lipinski definition) is 3. The average Bonchev–Trinajstić information content (AvgIpc) is 3.58. The Labute approximate surface area is 350 Å². The van der Waals surface area contributed by atoms with Gasteiger partial charge in [-0.2, -0.15) is 0 Å². The number of aryl methyl sites for hydroxylation is 2. The number of benzene rings is 5. The SMILES string of the molecule is [2H]C([2H])([2H])c1c[c-]c(-c2cc(C)[c]([Ge]([CH3])([CH3])[CH3])cn2)cc1-c1ccccc1.[2H]C([2H])(c1ccnc(-c2[c-]ccc3c2oc2ccc(-c4ccccc4)cc23)c1)C(C)(C)C.[Ir]. The molecule has 279 valence electrons. The van der Waals surface area contributed by atoms with Gasteiger partial charge >= 0.3 is 152 Å². The molecule has 0 aliphatic heterocycles. The summed E-state index contributed by atoms with van der Waals surface area (Å²) in [5.74, 6) is 7.07. The number of hydrogen-bond donors (Lipinski definition) is 0. The Hall–Kier alpha value is -4.61. The predicted molar refractivity (Wildman–Crippen MR) is 231 cm³/mol. The molecule has 8 rings (SSSR count). The second kappa shape index (κ2) is 16.6. The molecule has 0 aliphatic carbocycles. The third-order valence-electron chi connectivity index (χ3n) is 9.30. The van der Waals surface area contributed by atoms with E-state index in [0.29, 0.717) is 28.0 Å². The van der Waals surface area contributed by atoms with Crippen LogP contribution < -0.4 is 4.40 Å². The number of fused-ring (bicyclic) bond motifs is 3. The smallest absolute Gasteiger partial charge is 0.120 e. The zero-order chi connectivity index (χ0) is 42.3. The molecule has 3 aromatic heterocycles. The van der Waals surface area contributed by atoms with Crippen LogP contribution in [0.3, 0.4) is 0 Å². The molecule has 0 atom stereocenters. The molecule has 0 amide bonds. The van der Waals surface area contributed by atoms with E-state index in [0.717, 1.165) is 49.9 Å². The molecule has 55 heavy (non-hydrogen) atoms. The molecule has 0 fully saturated rings. The molecule has 3 heterocycles. The molecule has 3 nitrogen and oxygen atoms in total. The maximum Gasteiger partial charge on any atom is 0.120 e. The van der Waals surface area contributed by atoms with E-state index in [1.165, 1.54) is 9.96 Å². The van der Waals surface area contributed by atoms with Crippen LogP contribution >= 0.6 is 0 Å². The molecule has 5 heteroatoms. The van der Waals surface area contributed by atoms with Crippen LogP contribution in [0.15, 0.2) is 138 Å². The number of furan rings is 1. The quantitative estimate of drug-likeness (QED) is 0.123. The summed E-state index contributed by atoms with van der Waals surface area (Å²) in [5, 5.41) is 2.04. The number of pyridine rings is 2. The molecule has 1 radical (unpaired) electrons. The van der Waals surface area contributed by atoms with Gasteiger partial charge in [-0.15, -0.1) is 18.2 Å². The maximum atomic E-state index is 8.64. The summed E-state index contributed by atoms with van der Waals surface area (Å²) in [7, 11) is 0. The Morgan fingerprint density at radius 2 is 1.47 bits per heavy atom. The van der Waals surface area contributed by atoms with Crippen molar-refractivity contribution in [1.29, 1.82) is 0 Å². The first kappa shape index (κ1) is 33.7. The van der Waals surface area contributed by atoms with Crippen molar-refractivity contribution in [3.63, 3.8) is 0 Å². The summed E-state index contributed by atoms with van der Waals surface area (Å²) in [4.78, 5) is 9.21. The Bertz CT molecular complexity index is 2770. The minimum absolute atomic E-state index is 0. The van der Waals surface area contributed by atoms with Crippen LogP contribution in [0.1, 0.15) is 44.3 Å². The fourth-order valence-corrected chi connectivity index (χ4v) is 10.4. The van der Waals surface area contributed by atoms with E-state index in [4.69, 9.17) is 11.3 Å². The third-order valence-corrected chi connectivity index (χ3v) is 13.8. The van der Waals surface area contributed by atoms with Crippen molar-refractivity contribution >= 4 is 39.6 Å². The molecule has 0 N–H and O–H groups in total. The van der Waals surface area contributed by atoms with Gasteiger partial charge in [0.05, 0.1) is 5.58 Å². The Balaban J connectivity index is 0.000000201. The molecular formula is C50H48GeIrN2O-2. The van der Waals surface area contributed by atoms with Crippen molar-refractivity contribution in [2.75, 3.05) is 0 Å². The molecule has 0 spiro atoms. The van der Waals surface area contributed by atoms with Gasteiger partial charge in [0.1, 0.15) is 5.58 Å². The molecule has 5 aromatic carbocycles. The monoisotopic (exact) mass is 964 g/mol. The van der Waals surface area contributed by atoms with Gasteiger partial charge in [0, 0.05) is 34.4 Å². The minimum atomic E-state index is -2.19. The molecule has 0 saturated heterocycles. The zero-order valence-electron chi connectivity index (χ0n) is 37.3.